The topological polar surface area (TPSA) is 195 Å². The van der Waals surface area contributed by atoms with E-state index >= 15 is 0 Å². The first-order valence-corrected chi connectivity index (χ1v) is 20.6. The number of thiazole rings is 1. The van der Waals surface area contributed by atoms with Gasteiger partial charge in [0.2, 0.25) is 11.8 Å². The number of methoxy groups -OCH3 is 1. The molecule has 15 heteroatoms. The van der Waals surface area contributed by atoms with Gasteiger partial charge in [-0.25, -0.2) is 14.8 Å². The Morgan fingerprint density at radius 2 is 1.88 bits per heavy atom. The molecule has 0 radical (unpaired) electrons. The minimum atomic E-state index is -0.972. The Labute approximate surface area is 331 Å². The lowest BCUT2D eigenvalue weighted by Crippen LogP contribution is -2.54. The van der Waals surface area contributed by atoms with Crippen molar-refractivity contribution in [3.8, 4) is 22.9 Å². The predicted molar refractivity (Wildman–Crippen MR) is 214 cm³/mol. The normalized spacial score (nSPS) is 22.7. The van der Waals surface area contributed by atoms with E-state index in [1.807, 2.05) is 62.6 Å². The van der Waals surface area contributed by atoms with Crippen molar-refractivity contribution in [2.45, 2.75) is 115 Å². The van der Waals surface area contributed by atoms with Crippen LogP contribution < -0.4 is 25.8 Å². The van der Waals surface area contributed by atoms with E-state index in [-0.39, 0.29) is 30.5 Å². The van der Waals surface area contributed by atoms with Crippen LogP contribution in [-0.2, 0) is 19.1 Å². The Balaban J connectivity index is 1.19. The second-order valence-electron chi connectivity index (χ2n) is 15.5. The zero-order valence-electron chi connectivity index (χ0n) is 32.6. The monoisotopic (exact) mass is 790 g/mol. The zero-order valence-corrected chi connectivity index (χ0v) is 33.4. The van der Waals surface area contributed by atoms with Gasteiger partial charge in [-0.2, -0.15) is 0 Å². The molecule has 0 spiro atoms. The molecule has 6 atom stereocenters. The summed E-state index contributed by atoms with van der Waals surface area (Å²) >= 11 is 1.48. The number of nitrogens with two attached hydrogens (primary N) is 1. The van der Waals surface area contributed by atoms with E-state index in [9.17, 15) is 19.2 Å². The van der Waals surface area contributed by atoms with Gasteiger partial charge in [-0.1, -0.05) is 31.9 Å². The maximum absolute atomic E-state index is 14.4. The van der Waals surface area contributed by atoms with Gasteiger partial charge in [0.05, 0.1) is 30.8 Å². The molecule has 5 N–H and O–H groups in total. The molecule has 6 rings (SSSR count). The molecular formula is C41H54N6O8S. The summed E-state index contributed by atoms with van der Waals surface area (Å²) in [7, 11) is 1.59. The Hall–Kier alpha value is -4.92. The molecular weight excluding hydrogens is 737 g/mol. The molecule has 1 saturated heterocycles. The summed E-state index contributed by atoms with van der Waals surface area (Å²) in [5.74, 6) is -1.33. The van der Waals surface area contributed by atoms with Crippen LogP contribution in [0.5, 0.6) is 11.5 Å². The number of amides is 3. The molecule has 3 aromatic rings. The number of primary amides is 1. The zero-order chi connectivity index (χ0) is 39.9. The first-order chi connectivity index (χ1) is 26.9. The highest BCUT2D eigenvalue weighted by molar-refractivity contribution is 7.14. The van der Waals surface area contributed by atoms with Gasteiger partial charge in [-0.05, 0) is 83.3 Å². The predicted octanol–water partition coefficient (Wildman–Crippen LogP) is 6.53. The van der Waals surface area contributed by atoms with Crippen LogP contribution in [0.2, 0.25) is 0 Å². The van der Waals surface area contributed by atoms with E-state index in [0.29, 0.717) is 47.7 Å². The van der Waals surface area contributed by atoms with Crippen molar-refractivity contribution < 1.29 is 38.5 Å². The third-order valence-electron chi connectivity index (χ3n) is 10.9. The lowest BCUT2D eigenvalue weighted by Gasteiger charge is -2.28. The van der Waals surface area contributed by atoms with Gasteiger partial charge in [0.15, 0.2) is 5.13 Å². The van der Waals surface area contributed by atoms with E-state index in [1.165, 1.54) is 16.2 Å². The van der Waals surface area contributed by atoms with Crippen LogP contribution in [0.25, 0.3) is 22.3 Å². The van der Waals surface area contributed by atoms with Gasteiger partial charge in [-0.15, -0.1) is 11.3 Å². The van der Waals surface area contributed by atoms with Crippen molar-refractivity contribution in [1.82, 2.24) is 20.2 Å². The van der Waals surface area contributed by atoms with Crippen molar-refractivity contribution in [1.29, 1.82) is 0 Å². The van der Waals surface area contributed by atoms with Crippen LogP contribution in [0.4, 0.5) is 9.93 Å². The molecule has 6 unspecified atom stereocenters. The molecule has 2 saturated carbocycles. The summed E-state index contributed by atoms with van der Waals surface area (Å²) in [6, 6.07) is 5.64. The minimum absolute atomic E-state index is 0.0707. The number of alkyl carbamates (subject to hydrolysis) is 1. The molecule has 3 fully saturated rings. The van der Waals surface area contributed by atoms with Crippen LogP contribution in [-0.4, -0.2) is 87.8 Å². The number of nitrogens with zero attached hydrogens (tertiary/aromatic N) is 3. The van der Waals surface area contributed by atoms with Crippen molar-refractivity contribution in [2.75, 3.05) is 19.0 Å². The van der Waals surface area contributed by atoms with Gasteiger partial charge >= 0.3 is 12.1 Å². The Morgan fingerprint density at radius 1 is 1.09 bits per heavy atom. The van der Waals surface area contributed by atoms with Crippen molar-refractivity contribution in [3.05, 3.63) is 41.8 Å². The number of carbonyl (C=O) groups excluding carboxylic acids is 3. The number of nitrogens with one attached hydrogen (secondary N) is 2. The summed E-state index contributed by atoms with van der Waals surface area (Å²) in [4.78, 5) is 62.8. The van der Waals surface area contributed by atoms with Gasteiger partial charge in [0.25, 0.3) is 0 Å². The quantitative estimate of drug-likeness (QED) is 0.0808. The number of likely N-dealkylation sites (tertiary alicyclic amines) is 1. The summed E-state index contributed by atoms with van der Waals surface area (Å²) in [6.07, 6.45) is 10.2. The lowest BCUT2D eigenvalue weighted by molar-refractivity contribution is -0.139. The SMILES string of the molecule is COc1ccc2c(OC3CN(C(=O)C(CCCCCC=CC4CC4C(=O)O)NC(=O)OC4CCCC4)C(C(N)=O)C3C)cc(-c3csc(NC(C)C)n3)nc2c1. The number of anilines is 1. The van der Waals surface area contributed by atoms with E-state index in [1.54, 1.807) is 7.11 Å². The Morgan fingerprint density at radius 3 is 2.57 bits per heavy atom. The highest BCUT2D eigenvalue weighted by atomic mass is 32.1. The molecule has 14 nitrogen and oxygen atoms in total. The molecule has 2 aromatic heterocycles. The van der Waals surface area contributed by atoms with Gasteiger partial charge in [0.1, 0.15) is 41.5 Å². The van der Waals surface area contributed by atoms with Crippen LogP contribution >= 0.6 is 11.3 Å². The van der Waals surface area contributed by atoms with E-state index in [4.69, 9.17) is 35.0 Å². The number of aromatic nitrogens is 2. The number of ether oxygens (including phenoxy) is 3. The smallest absolute Gasteiger partial charge is 0.408 e. The molecule has 3 heterocycles. The summed E-state index contributed by atoms with van der Waals surface area (Å²) < 4.78 is 17.9. The van der Waals surface area contributed by atoms with Gasteiger partial charge in [0, 0.05) is 34.9 Å². The number of carbonyl (C=O) groups is 4. The fraction of sp³-hybridized carbons (Fsp3) is 0.561. The van der Waals surface area contributed by atoms with Crippen molar-refractivity contribution >= 4 is 51.2 Å². The first kappa shape index (κ1) is 40.7. The van der Waals surface area contributed by atoms with E-state index < -0.39 is 48.0 Å². The number of aliphatic carboxylic acids is 1. The second-order valence-corrected chi connectivity index (χ2v) is 16.4. The number of unbranched alkanes of at least 4 members (excludes halogenated alkanes) is 3. The second kappa shape index (κ2) is 18.4. The number of carboxylic acids is 1. The average Bonchev–Trinajstić information content (AvgIpc) is 3.41. The van der Waals surface area contributed by atoms with E-state index in [2.05, 4.69) is 10.6 Å². The number of fused-ring (bicyclic) bond motifs is 1. The molecule has 3 aliphatic rings. The highest BCUT2D eigenvalue weighted by Crippen LogP contribution is 2.40. The third kappa shape index (κ3) is 10.1. The fourth-order valence-corrected chi connectivity index (χ4v) is 8.56. The summed E-state index contributed by atoms with van der Waals surface area (Å²) in [5, 5.41) is 18.7. The maximum Gasteiger partial charge on any atom is 0.408 e. The van der Waals surface area contributed by atoms with E-state index in [0.717, 1.165) is 55.5 Å². The average molecular weight is 791 g/mol. The van der Waals surface area contributed by atoms with Crippen molar-refractivity contribution in [3.63, 3.8) is 0 Å². The highest BCUT2D eigenvalue weighted by Gasteiger charge is 2.48. The van der Waals surface area contributed by atoms with Crippen LogP contribution in [0.1, 0.15) is 85.0 Å². The molecule has 56 heavy (non-hydrogen) atoms. The number of benzene rings is 1. The molecule has 3 amide bonds. The van der Waals surface area contributed by atoms with Crippen LogP contribution in [0.15, 0.2) is 41.8 Å². The molecule has 2 aliphatic carbocycles. The number of carboxylic acid groups (broad SMARTS) is 1. The van der Waals surface area contributed by atoms with Gasteiger partial charge < -0.3 is 40.6 Å². The number of pyridine rings is 1. The van der Waals surface area contributed by atoms with Crippen LogP contribution in [0, 0.1) is 17.8 Å². The molecule has 0 bridgehead atoms. The Bertz CT molecular complexity index is 1910. The lowest BCUT2D eigenvalue weighted by atomic mass is 9.99. The number of hydrogen-bond acceptors (Lipinski definition) is 11. The van der Waals surface area contributed by atoms with Crippen LogP contribution in [0.3, 0.4) is 0 Å². The molecule has 1 aliphatic heterocycles. The third-order valence-corrected chi connectivity index (χ3v) is 11.7. The van der Waals surface area contributed by atoms with Crippen molar-refractivity contribution in [2.24, 2.45) is 23.5 Å². The Kier molecular flexibility index (Phi) is 13.3. The molecule has 302 valence electrons. The first-order valence-electron chi connectivity index (χ1n) is 19.8. The number of rotatable bonds is 18. The number of allylic oxidation sites excluding steroid dienone is 2. The summed E-state index contributed by atoms with van der Waals surface area (Å²) in [6.45, 7) is 6.00. The molecule has 1 aromatic carbocycles. The maximum atomic E-state index is 14.4. The number of hydrogen-bond donors (Lipinski definition) is 4. The standard InChI is InChI=1S/C41H54N6O8S/c1-23(2)43-40-45-33(22-56-40)32-20-34(28-17-16-27(53-4)19-31(28)44-32)55-35-21-47(36(24(35)3)37(42)48)38(49)30(46-41(52)54-26-13-10-11-14-26)15-9-7-5-6-8-12-25-18-29(25)39(50)51/h8,12,16-17,19-20,22-26,29-30,35-36H,5-7,9-11,13-15,18,21H2,1-4H3,(H2,42,48)(H,43,45)(H,46,52)(H,50,51). The fourth-order valence-electron chi connectivity index (χ4n) is 7.71. The largest absolute Gasteiger partial charge is 0.497 e. The summed E-state index contributed by atoms with van der Waals surface area (Å²) in [5.41, 5.74) is 7.88. The van der Waals surface area contributed by atoms with Gasteiger partial charge in [-0.3, -0.25) is 14.4 Å². The minimum Gasteiger partial charge on any atom is -0.497 e.